The van der Waals surface area contributed by atoms with E-state index in [0.29, 0.717) is 11.3 Å². The highest BCUT2D eigenvalue weighted by Gasteiger charge is 2.68. The van der Waals surface area contributed by atoms with Crippen LogP contribution in [-0.2, 0) is 4.79 Å². The van der Waals surface area contributed by atoms with Gasteiger partial charge in [0, 0.05) is 5.41 Å². The van der Waals surface area contributed by atoms with Gasteiger partial charge in [0.05, 0.1) is 0 Å². The van der Waals surface area contributed by atoms with Crippen LogP contribution in [-0.4, -0.2) is 6.29 Å². The lowest BCUT2D eigenvalue weighted by Gasteiger charge is -2.22. The Bertz CT molecular complexity index is 207. The maximum absolute atomic E-state index is 10.9. The molecule has 0 heterocycles. The number of hydrogen-bond donors (Lipinski definition) is 0. The first-order valence-corrected chi connectivity index (χ1v) is 4.49. The summed E-state index contributed by atoms with van der Waals surface area (Å²) in [6.07, 6.45) is 3.58. The van der Waals surface area contributed by atoms with Gasteiger partial charge >= 0.3 is 0 Å². The molecule has 3 atom stereocenters. The second-order valence-electron chi connectivity index (χ2n) is 5.07. The zero-order valence-corrected chi connectivity index (χ0v) is 7.55. The van der Waals surface area contributed by atoms with E-state index in [4.69, 9.17) is 0 Å². The average Bonchev–Trinajstić information content (AvgIpc) is 2.36. The fourth-order valence-corrected chi connectivity index (χ4v) is 3.35. The van der Waals surface area contributed by atoms with Crippen LogP contribution in [0.4, 0.5) is 0 Å². The summed E-state index contributed by atoms with van der Waals surface area (Å²) in [6.45, 7) is 6.71. The third-order valence-corrected chi connectivity index (χ3v) is 4.02. The molecule has 2 aliphatic carbocycles. The summed E-state index contributed by atoms with van der Waals surface area (Å²) >= 11 is 0. The molecule has 0 amide bonds. The van der Waals surface area contributed by atoms with Gasteiger partial charge in [-0.25, -0.2) is 0 Å². The maximum Gasteiger partial charge on any atom is 0.126 e. The smallest absolute Gasteiger partial charge is 0.126 e. The zero-order valence-electron chi connectivity index (χ0n) is 7.55. The number of rotatable bonds is 1. The average molecular weight is 152 g/mol. The molecule has 0 radical (unpaired) electrons. The van der Waals surface area contributed by atoms with Crippen molar-refractivity contribution in [2.24, 2.45) is 22.7 Å². The maximum atomic E-state index is 10.9. The first kappa shape index (κ1) is 7.33. The van der Waals surface area contributed by atoms with Crippen LogP contribution < -0.4 is 0 Å². The lowest BCUT2D eigenvalue weighted by Crippen LogP contribution is -2.21. The van der Waals surface area contributed by atoms with Gasteiger partial charge in [-0.05, 0) is 30.1 Å². The van der Waals surface area contributed by atoms with E-state index in [1.807, 2.05) is 0 Å². The van der Waals surface area contributed by atoms with Crippen molar-refractivity contribution in [1.82, 2.24) is 0 Å². The predicted molar refractivity (Wildman–Crippen MR) is 44.2 cm³/mol. The summed E-state index contributed by atoms with van der Waals surface area (Å²) in [4.78, 5) is 10.9. The summed E-state index contributed by atoms with van der Waals surface area (Å²) in [5, 5.41) is 0. The molecule has 0 bridgehead atoms. The van der Waals surface area contributed by atoms with E-state index in [2.05, 4.69) is 20.8 Å². The molecule has 1 nitrogen and oxygen atoms in total. The molecule has 0 aromatic carbocycles. The normalized spacial score (nSPS) is 51.9. The van der Waals surface area contributed by atoms with Crippen LogP contribution in [0.2, 0.25) is 0 Å². The Labute approximate surface area is 68.2 Å². The van der Waals surface area contributed by atoms with Crippen LogP contribution in [0.1, 0.15) is 33.6 Å². The minimum absolute atomic E-state index is 0.0220. The van der Waals surface area contributed by atoms with Crippen LogP contribution in [0.25, 0.3) is 0 Å². The molecule has 0 unspecified atom stereocenters. The minimum atomic E-state index is 0.0220. The van der Waals surface area contributed by atoms with Gasteiger partial charge in [-0.2, -0.15) is 0 Å². The molecule has 11 heavy (non-hydrogen) atoms. The summed E-state index contributed by atoms with van der Waals surface area (Å²) in [7, 11) is 0. The Morgan fingerprint density at radius 1 is 1.36 bits per heavy atom. The van der Waals surface area contributed by atoms with Gasteiger partial charge in [0.25, 0.3) is 0 Å². The van der Waals surface area contributed by atoms with Gasteiger partial charge in [-0.15, -0.1) is 0 Å². The van der Waals surface area contributed by atoms with E-state index >= 15 is 0 Å². The van der Waals surface area contributed by atoms with Gasteiger partial charge < -0.3 is 4.79 Å². The molecule has 0 spiro atoms. The number of hydrogen-bond acceptors (Lipinski definition) is 1. The lowest BCUT2D eigenvalue weighted by molar-refractivity contribution is -0.116. The molecule has 2 fully saturated rings. The van der Waals surface area contributed by atoms with E-state index in [0.717, 1.165) is 12.3 Å². The summed E-state index contributed by atoms with van der Waals surface area (Å²) in [5.74, 6) is 1.53. The lowest BCUT2D eigenvalue weighted by atomic mass is 9.81. The summed E-state index contributed by atoms with van der Waals surface area (Å²) in [5.41, 5.74) is 0.488. The number of carbonyl (C=O) groups is 1. The zero-order chi connectivity index (χ0) is 8.28. The Morgan fingerprint density at radius 2 is 2.00 bits per heavy atom. The number of aldehydes is 1. The van der Waals surface area contributed by atoms with Crippen molar-refractivity contribution in [1.29, 1.82) is 0 Å². The fraction of sp³-hybridized carbons (Fsp3) is 0.900. The number of carbonyl (C=O) groups excluding carboxylic acids is 1. The molecular formula is C10H16O. The second-order valence-corrected chi connectivity index (χ2v) is 5.07. The fourth-order valence-electron chi connectivity index (χ4n) is 3.35. The highest BCUT2D eigenvalue weighted by Crippen LogP contribution is 2.72. The van der Waals surface area contributed by atoms with Crippen LogP contribution in [0.3, 0.4) is 0 Å². The molecule has 0 aromatic rings. The first-order valence-electron chi connectivity index (χ1n) is 4.49. The third kappa shape index (κ3) is 0.692. The van der Waals surface area contributed by atoms with Crippen molar-refractivity contribution in [2.75, 3.05) is 0 Å². The van der Waals surface area contributed by atoms with Crippen molar-refractivity contribution < 1.29 is 4.79 Å². The summed E-state index contributed by atoms with van der Waals surface area (Å²) < 4.78 is 0. The molecular weight excluding hydrogens is 136 g/mol. The van der Waals surface area contributed by atoms with Crippen molar-refractivity contribution in [3.63, 3.8) is 0 Å². The molecule has 2 rings (SSSR count). The van der Waals surface area contributed by atoms with Crippen molar-refractivity contribution in [3.05, 3.63) is 0 Å². The van der Waals surface area contributed by atoms with Gasteiger partial charge in [-0.3, -0.25) is 0 Å². The Kier molecular flexibility index (Phi) is 1.13. The molecule has 0 aromatic heterocycles. The number of fused-ring (bicyclic) bond motifs is 1. The molecule has 2 aliphatic rings. The second kappa shape index (κ2) is 1.70. The van der Waals surface area contributed by atoms with E-state index in [1.165, 1.54) is 12.7 Å². The van der Waals surface area contributed by atoms with E-state index in [-0.39, 0.29) is 5.41 Å². The van der Waals surface area contributed by atoms with Gasteiger partial charge in [-0.1, -0.05) is 20.8 Å². The highest BCUT2D eigenvalue weighted by molar-refractivity contribution is 5.62. The van der Waals surface area contributed by atoms with E-state index in [1.54, 1.807) is 0 Å². The van der Waals surface area contributed by atoms with Crippen molar-refractivity contribution >= 4 is 6.29 Å². The van der Waals surface area contributed by atoms with E-state index < -0.39 is 0 Å². The Balaban J connectivity index is 2.25. The third-order valence-electron chi connectivity index (χ3n) is 4.02. The van der Waals surface area contributed by atoms with Crippen LogP contribution in [0, 0.1) is 22.7 Å². The predicted octanol–water partition coefficient (Wildman–Crippen LogP) is 2.26. The van der Waals surface area contributed by atoms with Crippen LogP contribution in [0.15, 0.2) is 0 Å². The Morgan fingerprint density at radius 3 is 2.27 bits per heavy atom. The highest BCUT2D eigenvalue weighted by atomic mass is 16.1. The molecule has 62 valence electrons. The molecule has 1 heteroatoms. The van der Waals surface area contributed by atoms with Crippen LogP contribution >= 0.6 is 0 Å². The standard InChI is InChI=1S/C10H16O/c1-9(2)7-4-5-10(3,6-11)8(7)9/h6-8H,4-5H2,1-3H3/t7-,8+,10+/m0/s1. The molecule has 0 saturated heterocycles. The van der Waals surface area contributed by atoms with Crippen LogP contribution in [0.5, 0.6) is 0 Å². The quantitative estimate of drug-likeness (QED) is 0.527. The monoisotopic (exact) mass is 152 g/mol. The molecule has 0 N–H and O–H groups in total. The van der Waals surface area contributed by atoms with Gasteiger partial charge in [0.2, 0.25) is 0 Å². The van der Waals surface area contributed by atoms with E-state index in [9.17, 15) is 4.79 Å². The Hall–Kier alpha value is -0.330. The SMILES string of the molecule is CC1(C)[C@H]2[C@@H]1CC[C@]2(C)C=O. The first-order chi connectivity index (χ1) is 5.02. The van der Waals surface area contributed by atoms with Gasteiger partial charge in [0.1, 0.15) is 6.29 Å². The summed E-state index contributed by atoms with van der Waals surface area (Å²) in [6, 6.07) is 0. The minimum Gasteiger partial charge on any atom is -0.303 e. The molecule has 0 aliphatic heterocycles. The van der Waals surface area contributed by atoms with Crippen molar-refractivity contribution in [3.8, 4) is 0 Å². The van der Waals surface area contributed by atoms with Crippen molar-refractivity contribution in [2.45, 2.75) is 33.6 Å². The topological polar surface area (TPSA) is 17.1 Å². The largest absolute Gasteiger partial charge is 0.303 e. The molecule has 2 saturated carbocycles. The van der Waals surface area contributed by atoms with Gasteiger partial charge in [0.15, 0.2) is 0 Å².